The molecule has 2 aromatic carbocycles. The van der Waals surface area contributed by atoms with E-state index in [2.05, 4.69) is 5.32 Å². The SMILES string of the molecule is CC(C)OC(=O)NS(=O)(=O)c1ccc(CCNC(=O)c2cccc(F)c2)cc1. The van der Waals surface area contributed by atoms with Crippen LogP contribution in [0.3, 0.4) is 0 Å². The maximum atomic E-state index is 13.1. The first-order chi connectivity index (χ1) is 13.2. The molecule has 0 atom stereocenters. The number of hydrogen-bond acceptors (Lipinski definition) is 5. The van der Waals surface area contributed by atoms with Crippen molar-refractivity contribution in [3.63, 3.8) is 0 Å². The van der Waals surface area contributed by atoms with Gasteiger partial charge in [-0.25, -0.2) is 22.3 Å². The van der Waals surface area contributed by atoms with E-state index in [0.717, 1.165) is 11.6 Å². The molecule has 7 nitrogen and oxygen atoms in total. The summed E-state index contributed by atoms with van der Waals surface area (Å²) in [4.78, 5) is 23.3. The van der Waals surface area contributed by atoms with Crippen LogP contribution in [0.5, 0.6) is 0 Å². The van der Waals surface area contributed by atoms with E-state index in [1.807, 2.05) is 4.72 Å². The summed E-state index contributed by atoms with van der Waals surface area (Å²) in [5.74, 6) is -0.887. The minimum absolute atomic E-state index is 0.0826. The first-order valence-corrected chi connectivity index (χ1v) is 10.0. The Kier molecular flexibility index (Phi) is 7.11. The van der Waals surface area contributed by atoms with Gasteiger partial charge in [0.1, 0.15) is 5.82 Å². The molecule has 2 aromatic rings. The Labute approximate surface area is 163 Å². The highest BCUT2D eigenvalue weighted by atomic mass is 32.2. The number of halogens is 1. The molecule has 2 amide bonds. The van der Waals surface area contributed by atoms with Crippen molar-refractivity contribution < 1.29 is 27.1 Å². The Morgan fingerprint density at radius 1 is 1.11 bits per heavy atom. The molecule has 0 aliphatic carbocycles. The third kappa shape index (κ3) is 6.34. The monoisotopic (exact) mass is 408 g/mol. The minimum Gasteiger partial charge on any atom is -0.446 e. The summed E-state index contributed by atoms with van der Waals surface area (Å²) in [6.45, 7) is 3.50. The summed E-state index contributed by atoms with van der Waals surface area (Å²) in [6, 6.07) is 11.2. The van der Waals surface area contributed by atoms with Crippen molar-refractivity contribution in [2.75, 3.05) is 6.54 Å². The highest BCUT2D eigenvalue weighted by molar-refractivity contribution is 7.90. The predicted octanol–water partition coefficient (Wildman–Crippen LogP) is 2.62. The molecule has 0 bridgehead atoms. The molecule has 150 valence electrons. The standard InChI is InChI=1S/C19H21FN2O5S/c1-13(2)27-19(24)22-28(25,26)17-8-6-14(7-9-17)10-11-21-18(23)15-4-3-5-16(20)12-15/h3-9,12-13H,10-11H2,1-2H3,(H,21,23)(H,22,24). The summed E-state index contributed by atoms with van der Waals surface area (Å²) >= 11 is 0. The van der Waals surface area contributed by atoms with Crippen molar-refractivity contribution in [2.45, 2.75) is 31.3 Å². The molecule has 0 saturated heterocycles. The maximum Gasteiger partial charge on any atom is 0.421 e. The number of nitrogens with one attached hydrogen (secondary N) is 2. The fourth-order valence-electron chi connectivity index (χ4n) is 2.29. The van der Waals surface area contributed by atoms with Crippen molar-refractivity contribution >= 4 is 22.0 Å². The van der Waals surface area contributed by atoms with Crippen LogP contribution in [0.4, 0.5) is 9.18 Å². The van der Waals surface area contributed by atoms with Gasteiger partial charge in [-0.05, 0) is 56.2 Å². The van der Waals surface area contributed by atoms with Crippen LogP contribution in [0, 0.1) is 5.82 Å². The lowest BCUT2D eigenvalue weighted by molar-refractivity contribution is 0.0953. The molecule has 0 aliphatic heterocycles. The highest BCUT2D eigenvalue weighted by Crippen LogP contribution is 2.11. The second-order valence-corrected chi connectivity index (χ2v) is 7.90. The van der Waals surface area contributed by atoms with E-state index in [1.165, 1.54) is 30.3 Å². The minimum atomic E-state index is -4.03. The molecule has 2 N–H and O–H groups in total. The van der Waals surface area contributed by atoms with Gasteiger partial charge < -0.3 is 10.1 Å². The Morgan fingerprint density at radius 3 is 2.39 bits per heavy atom. The van der Waals surface area contributed by atoms with Gasteiger partial charge in [0.25, 0.3) is 15.9 Å². The number of sulfonamides is 1. The van der Waals surface area contributed by atoms with Gasteiger partial charge in [0.15, 0.2) is 0 Å². The van der Waals surface area contributed by atoms with Crippen molar-refractivity contribution in [1.82, 2.24) is 10.0 Å². The van der Waals surface area contributed by atoms with E-state index >= 15 is 0 Å². The number of ether oxygens (including phenoxy) is 1. The van der Waals surface area contributed by atoms with Gasteiger partial charge in [-0.1, -0.05) is 18.2 Å². The lowest BCUT2D eigenvalue weighted by atomic mass is 10.1. The smallest absolute Gasteiger partial charge is 0.421 e. The summed E-state index contributed by atoms with van der Waals surface area (Å²) in [6.07, 6.45) is -1.04. The van der Waals surface area contributed by atoms with E-state index in [1.54, 1.807) is 26.0 Å². The molecular weight excluding hydrogens is 387 g/mol. The summed E-state index contributed by atoms with van der Waals surface area (Å²) in [5, 5.41) is 2.67. The van der Waals surface area contributed by atoms with Crippen molar-refractivity contribution in [1.29, 1.82) is 0 Å². The van der Waals surface area contributed by atoms with Crippen LogP contribution < -0.4 is 10.0 Å². The highest BCUT2D eigenvalue weighted by Gasteiger charge is 2.19. The molecule has 0 aliphatic rings. The molecule has 9 heteroatoms. The average Bonchev–Trinajstić information content (AvgIpc) is 2.61. The molecule has 0 saturated carbocycles. The zero-order valence-corrected chi connectivity index (χ0v) is 16.3. The van der Waals surface area contributed by atoms with Crippen LogP contribution in [-0.4, -0.2) is 33.1 Å². The van der Waals surface area contributed by atoms with E-state index in [-0.39, 0.29) is 10.5 Å². The molecule has 28 heavy (non-hydrogen) atoms. The van der Waals surface area contributed by atoms with Crippen LogP contribution in [-0.2, 0) is 21.2 Å². The van der Waals surface area contributed by atoms with E-state index in [0.29, 0.717) is 13.0 Å². The number of amides is 2. The number of carbonyl (C=O) groups is 2. The van der Waals surface area contributed by atoms with Crippen molar-refractivity contribution in [2.24, 2.45) is 0 Å². The Bertz CT molecular complexity index is 943. The molecular formula is C19H21FN2O5S. The molecule has 0 aromatic heterocycles. The normalized spacial score (nSPS) is 11.1. The quantitative estimate of drug-likeness (QED) is 0.733. The fourth-order valence-corrected chi connectivity index (χ4v) is 3.17. The van der Waals surface area contributed by atoms with Gasteiger partial charge in [0.2, 0.25) is 0 Å². The van der Waals surface area contributed by atoms with Gasteiger partial charge in [-0.15, -0.1) is 0 Å². The third-order valence-corrected chi connectivity index (χ3v) is 4.91. The Hall–Kier alpha value is -2.94. The topological polar surface area (TPSA) is 102 Å². The lowest BCUT2D eigenvalue weighted by Crippen LogP contribution is -2.32. The molecule has 0 radical (unpaired) electrons. The van der Waals surface area contributed by atoms with Crippen LogP contribution in [0.25, 0.3) is 0 Å². The number of hydrogen-bond donors (Lipinski definition) is 2. The summed E-state index contributed by atoms with van der Waals surface area (Å²) < 4.78 is 44.0. The molecule has 2 rings (SSSR count). The number of carbonyl (C=O) groups excluding carboxylic acids is 2. The fraction of sp³-hybridized carbons (Fsp3) is 0.263. The van der Waals surface area contributed by atoms with Crippen LogP contribution in [0.15, 0.2) is 53.4 Å². The number of rotatable bonds is 7. The van der Waals surface area contributed by atoms with E-state index < -0.39 is 33.9 Å². The van der Waals surface area contributed by atoms with Crippen molar-refractivity contribution in [3.05, 3.63) is 65.5 Å². The van der Waals surface area contributed by atoms with Crippen molar-refractivity contribution in [3.8, 4) is 0 Å². The van der Waals surface area contributed by atoms with E-state index in [9.17, 15) is 22.4 Å². The third-order valence-electron chi connectivity index (χ3n) is 3.58. The molecule has 0 spiro atoms. The molecule has 0 heterocycles. The molecule has 0 fully saturated rings. The second-order valence-electron chi connectivity index (χ2n) is 6.22. The van der Waals surface area contributed by atoms with Gasteiger partial charge in [-0.3, -0.25) is 4.79 Å². The first kappa shape index (κ1) is 21.4. The zero-order valence-electron chi connectivity index (χ0n) is 15.4. The largest absolute Gasteiger partial charge is 0.446 e. The maximum absolute atomic E-state index is 13.1. The van der Waals surface area contributed by atoms with Gasteiger partial charge >= 0.3 is 6.09 Å². The molecule has 0 unspecified atom stereocenters. The van der Waals surface area contributed by atoms with Gasteiger partial charge in [-0.2, -0.15) is 0 Å². The number of benzene rings is 2. The van der Waals surface area contributed by atoms with Gasteiger partial charge in [0.05, 0.1) is 11.0 Å². The average molecular weight is 408 g/mol. The van der Waals surface area contributed by atoms with Crippen LogP contribution >= 0.6 is 0 Å². The Morgan fingerprint density at radius 2 is 1.79 bits per heavy atom. The Balaban J connectivity index is 1.90. The van der Waals surface area contributed by atoms with Crippen LogP contribution in [0.2, 0.25) is 0 Å². The van der Waals surface area contributed by atoms with Crippen LogP contribution in [0.1, 0.15) is 29.8 Å². The summed E-state index contributed by atoms with van der Waals surface area (Å²) in [7, 11) is -4.03. The first-order valence-electron chi connectivity index (χ1n) is 8.53. The second kappa shape index (κ2) is 9.32. The van der Waals surface area contributed by atoms with Gasteiger partial charge in [0, 0.05) is 12.1 Å². The lowest BCUT2D eigenvalue weighted by Gasteiger charge is -2.10. The zero-order chi connectivity index (χ0) is 20.7. The predicted molar refractivity (Wildman–Crippen MR) is 101 cm³/mol. The van der Waals surface area contributed by atoms with E-state index in [4.69, 9.17) is 4.74 Å². The summed E-state index contributed by atoms with van der Waals surface area (Å²) in [5.41, 5.74) is 1.00.